The van der Waals surface area contributed by atoms with Crippen molar-refractivity contribution in [3.8, 4) is 17.1 Å². The molecule has 0 radical (unpaired) electrons. The van der Waals surface area contributed by atoms with E-state index in [4.69, 9.17) is 16.3 Å². The van der Waals surface area contributed by atoms with Crippen molar-refractivity contribution < 1.29 is 4.74 Å². The molecule has 7 nitrogen and oxygen atoms in total. The van der Waals surface area contributed by atoms with Crippen molar-refractivity contribution in [2.45, 2.75) is 6.54 Å². The van der Waals surface area contributed by atoms with Crippen LogP contribution in [0.5, 0.6) is 5.75 Å². The van der Waals surface area contributed by atoms with E-state index in [1.54, 1.807) is 19.2 Å². The number of ether oxygens (including phenoxy) is 1. The van der Waals surface area contributed by atoms with Gasteiger partial charge in [-0.2, -0.15) is 9.50 Å². The maximum absolute atomic E-state index is 12.4. The number of aromatic amines is 1. The summed E-state index contributed by atoms with van der Waals surface area (Å²) in [5.74, 6) is 1.63. The molecule has 2 aromatic carbocycles. The van der Waals surface area contributed by atoms with Gasteiger partial charge in [0, 0.05) is 22.3 Å². The van der Waals surface area contributed by atoms with E-state index in [9.17, 15) is 4.79 Å². The predicted molar refractivity (Wildman–Crippen MR) is 104 cm³/mol. The fourth-order valence-corrected chi connectivity index (χ4v) is 2.78. The average molecular weight is 382 g/mol. The molecule has 0 bridgehead atoms. The number of nitrogens with zero attached hydrogens (tertiary/aromatic N) is 3. The highest BCUT2D eigenvalue weighted by molar-refractivity contribution is 6.30. The van der Waals surface area contributed by atoms with Gasteiger partial charge in [0.15, 0.2) is 5.82 Å². The van der Waals surface area contributed by atoms with Crippen LogP contribution in [0.3, 0.4) is 0 Å². The van der Waals surface area contributed by atoms with Gasteiger partial charge in [-0.3, -0.25) is 9.89 Å². The zero-order chi connectivity index (χ0) is 18.8. The van der Waals surface area contributed by atoms with Crippen LogP contribution in [0.25, 0.3) is 17.2 Å². The Morgan fingerprint density at radius 2 is 1.85 bits per heavy atom. The average Bonchev–Trinajstić information content (AvgIpc) is 3.12. The second-order valence-corrected chi connectivity index (χ2v) is 6.32. The van der Waals surface area contributed by atoms with Crippen molar-refractivity contribution in [2.24, 2.45) is 0 Å². The van der Waals surface area contributed by atoms with Crippen molar-refractivity contribution >= 4 is 23.1 Å². The van der Waals surface area contributed by atoms with Crippen molar-refractivity contribution in [3.63, 3.8) is 0 Å². The van der Waals surface area contributed by atoms with Crippen molar-refractivity contribution in [1.82, 2.24) is 19.6 Å². The second-order valence-electron chi connectivity index (χ2n) is 5.88. The van der Waals surface area contributed by atoms with E-state index in [0.717, 1.165) is 17.0 Å². The molecule has 2 aromatic heterocycles. The van der Waals surface area contributed by atoms with Gasteiger partial charge in [0.2, 0.25) is 0 Å². The van der Waals surface area contributed by atoms with Crippen molar-refractivity contribution in [3.05, 3.63) is 75.7 Å². The van der Waals surface area contributed by atoms with E-state index >= 15 is 0 Å². The summed E-state index contributed by atoms with van der Waals surface area (Å²) >= 11 is 5.88. The van der Waals surface area contributed by atoms with Crippen LogP contribution >= 0.6 is 11.6 Å². The van der Waals surface area contributed by atoms with Gasteiger partial charge in [0.1, 0.15) is 5.75 Å². The minimum Gasteiger partial charge on any atom is -0.497 e. The first-order valence-electron chi connectivity index (χ1n) is 8.25. The first-order chi connectivity index (χ1) is 13.1. The number of anilines is 1. The molecule has 0 aliphatic heterocycles. The van der Waals surface area contributed by atoms with Crippen LogP contribution in [0, 0.1) is 0 Å². The first kappa shape index (κ1) is 17.1. The summed E-state index contributed by atoms with van der Waals surface area (Å²) in [7, 11) is 1.61. The summed E-state index contributed by atoms with van der Waals surface area (Å²) in [6, 6.07) is 16.2. The summed E-state index contributed by atoms with van der Waals surface area (Å²) < 4.78 is 6.48. The van der Waals surface area contributed by atoms with Crippen LogP contribution < -0.4 is 15.6 Å². The van der Waals surface area contributed by atoms with E-state index in [0.29, 0.717) is 28.9 Å². The molecular weight excluding hydrogens is 366 g/mol. The predicted octanol–water partition coefficient (Wildman–Crippen LogP) is 3.36. The van der Waals surface area contributed by atoms with E-state index in [1.807, 2.05) is 36.4 Å². The molecule has 136 valence electrons. The van der Waals surface area contributed by atoms with Crippen LogP contribution in [0.15, 0.2) is 59.4 Å². The molecule has 0 saturated heterocycles. The van der Waals surface area contributed by atoms with E-state index in [-0.39, 0.29) is 5.56 Å². The van der Waals surface area contributed by atoms with Gasteiger partial charge in [0.05, 0.1) is 19.3 Å². The summed E-state index contributed by atoms with van der Waals surface area (Å²) in [4.78, 5) is 21.3. The zero-order valence-electron chi connectivity index (χ0n) is 14.4. The molecule has 27 heavy (non-hydrogen) atoms. The molecule has 2 heterocycles. The maximum atomic E-state index is 12.4. The second kappa shape index (κ2) is 7.13. The largest absolute Gasteiger partial charge is 0.497 e. The Morgan fingerprint density at radius 3 is 2.56 bits per heavy atom. The Kier molecular flexibility index (Phi) is 4.52. The number of fused-ring (bicyclic) bond motifs is 1. The molecule has 0 atom stereocenters. The number of benzene rings is 2. The van der Waals surface area contributed by atoms with Crippen LogP contribution in [-0.4, -0.2) is 26.7 Å². The molecule has 0 unspecified atom stereocenters. The molecule has 4 aromatic rings. The monoisotopic (exact) mass is 381 g/mol. The normalized spacial score (nSPS) is 10.9. The highest BCUT2D eigenvalue weighted by atomic mass is 35.5. The van der Waals surface area contributed by atoms with Gasteiger partial charge >= 0.3 is 0 Å². The van der Waals surface area contributed by atoms with Crippen LogP contribution in [-0.2, 0) is 6.54 Å². The summed E-state index contributed by atoms with van der Waals surface area (Å²) in [6.07, 6.45) is 0. The number of methoxy groups -OCH3 is 1. The molecule has 0 aliphatic carbocycles. The van der Waals surface area contributed by atoms with Crippen LogP contribution in [0.4, 0.5) is 5.69 Å². The molecule has 4 rings (SSSR count). The Labute approximate surface area is 159 Å². The lowest BCUT2D eigenvalue weighted by atomic mass is 10.2. The number of hydrogen-bond donors (Lipinski definition) is 2. The lowest BCUT2D eigenvalue weighted by Gasteiger charge is -2.05. The SMILES string of the molecule is COc1ccc(-c2nc3nc(CNc4ccc(Cl)cc4)cc(=O)n3[nH]2)cc1. The number of halogens is 1. The molecule has 0 aliphatic rings. The minimum atomic E-state index is -0.222. The zero-order valence-corrected chi connectivity index (χ0v) is 15.2. The van der Waals surface area contributed by atoms with E-state index in [1.165, 1.54) is 10.6 Å². The number of nitrogens with one attached hydrogen (secondary N) is 2. The third-order valence-corrected chi connectivity index (χ3v) is 4.32. The molecule has 0 spiro atoms. The molecule has 8 heteroatoms. The maximum Gasteiger partial charge on any atom is 0.274 e. The standard InChI is InChI=1S/C19H16ClN5O2/c1-27-16-8-2-12(3-9-16)18-23-19-22-15(10-17(26)25(19)24-18)11-21-14-6-4-13(20)5-7-14/h2-10,21H,11H2,1H3,(H,22,23,24). The highest BCUT2D eigenvalue weighted by Gasteiger charge is 2.10. The topological polar surface area (TPSA) is 84.3 Å². The molecule has 0 saturated carbocycles. The quantitative estimate of drug-likeness (QED) is 0.553. The van der Waals surface area contributed by atoms with Gasteiger partial charge < -0.3 is 10.1 Å². The van der Waals surface area contributed by atoms with Crippen LogP contribution in [0.1, 0.15) is 5.69 Å². The third-order valence-electron chi connectivity index (χ3n) is 4.06. The Bertz CT molecular complexity index is 1130. The number of H-pyrrole nitrogens is 1. The van der Waals surface area contributed by atoms with Crippen LogP contribution in [0.2, 0.25) is 5.02 Å². The van der Waals surface area contributed by atoms with Gasteiger partial charge in [0.25, 0.3) is 11.3 Å². The summed E-state index contributed by atoms with van der Waals surface area (Å²) in [5, 5.41) is 6.86. The van der Waals surface area contributed by atoms with E-state index < -0.39 is 0 Å². The fourth-order valence-electron chi connectivity index (χ4n) is 2.66. The minimum absolute atomic E-state index is 0.222. The Balaban J connectivity index is 1.60. The smallest absolute Gasteiger partial charge is 0.274 e. The third kappa shape index (κ3) is 3.63. The molecule has 0 fully saturated rings. The van der Waals surface area contributed by atoms with Gasteiger partial charge in [-0.1, -0.05) is 11.6 Å². The highest BCUT2D eigenvalue weighted by Crippen LogP contribution is 2.19. The Morgan fingerprint density at radius 1 is 1.11 bits per heavy atom. The number of aromatic nitrogens is 4. The fraction of sp³-hybridized carbons (Fsp3) is 0.105. The molecule has 2 N–H and O–H groups in total. The van der Waals surface area contributed by atoms with Gasteiger partial charge in [-0.05, 0) is 48.5 Å². The summed E-state index contributed by atoms with van der Waals surface area (Å²) in [5.41, 5.74) is 2.10. The van der Waals surface area contributed by atoms with Crippen molar-refractivity contribution in [1.29, 1.82) is 0 Å². The van der Waals surface area contributed by atoms with E-state index in [2.05, 4.69) is 20.4 Å². The van der Waals surface area contributed by atoms with Gasteiger partial charge in [-0.25, -0.2) is 4.98 Å². The first-order valence-corrected chi connectivity index (χ1v) is 8.63. The molecule has 0 amide bonds. The Hall–Kier alpha value is -3.32. The lowest BCUT2D eigenvalue weighted by Crippen LogP contribution is -2.17. The van der Waals surface area contributed by atoms with Gasteiger partial charge in [-0.15, -0.1) is 0 Å². The lowest BCUT2D eigenvalue weighted by molar-refractivity contribution is 0.415. The summed E-state index contributed by atoms with van der Waals surface area (Å²) in [6.45, 7) is 0.401. The number of rotatable bonds is 5. The van der Waals surface area contributed by atoms with Crippen molar-refractivity contribution in [2.75, 3.05) is 12.4 Å². The molecular formula is C19H16ClN5O2. The number of hydrogen-bond acceptors (Lipinski definition) is 5.